The highest BCUT2D eigenvalue weighted by Crippen LogP contribution is 2.20. The number of carbonyl (C=O) groups is 1. The summed E-state index contributed by atoms with van der Waals surface area (Å²) in [4.78, 5) is 12.0. The van der Waals surface area contributed by atoms with Crippen molar-refractivity contribution in [2.75, 3.05) is 12.4 Å². The minimum absolute atomic E-state index is 0.114. The number of carbonyl (C=O) groups excluding carboxylic acids is 1. The number of methoxy groups -OCH3 is 1. The van der Waals surface area contributed by atoms with Gasteiger partial charge in [0.1, 0.15) is 17.4 Å². The molecule has 0 heterocycles. The van der Waals surface area contributed by atoms with Crippen LogP contribution in [-0.2, 0) is 4.79 Å². The molecule has 1 aromatic carbocycles. The van der Waals surface area contributed by atoms with Crippen molar-refractivity contribution >= 4 is 11.5 Å². The van der Waals surface area contributed by atoms with Gasteiger partial charge in [-0.1, -0.05) is 20.8 Å². The predicted octanol–water partition coefficient (Wildman–Crippen LogP) is 3.13. The number of allylic oxidation sites excluding steroid dienone is 1. The minimum Gasteiger partial charge on any atom is -0.497 e. The molecule has 0 aromatic heterocycles. The van der Waals surface area contributed by atoms with Crippen LogP contribution in [-0.4, -0.2) is 12.9 Å². The van der Waals surface area contributed by atoms with Crippen LogP contribution in [0.15, 0.2) is 36.0 Å². The van der Waals surface area contributed by atoms with Crippen LogP contribution in [0.1, 0.15) is 20.8 Å². The van der Waals surface area contributed by atoms with E-state index in [2.05, 4.69) is 5.32 Å². The lowest BCUT2D eigenvalue weighted by molar-refractivity contribution is -0.122. The van der Waals surface area contributed by atoms with Gasteiger partial charge in [-0.25, -0.2) is 0 Å². The van der Waals surface area contributed by atoms with Crippen molar-refractivity contribution in [2.24, 2.45) is 5.41 Å². The van der Waals surface area contributed by atoms with E-state index < -0.39 is 5.41 Å². The van der Waals surface area contributed by atoms with E-state index in [-0.39, 0.29) is 11.4 Å². The molecule has 1 rings (SSSR count). The second-order valence-corrected chi connectivity index (χ2v) is 5.12. The molecule has 4 nitrogen and oxygen atoms in total. The normalized spacial score (nSPS) is 11.6. The van der Waals surface area contributed by atoms with Crippen LogP contribution < -0.4 is 10.1 Å². The van der Waals surface area contributed by atoms with E-state index in [1.54, 1.807) is 40.0 Å². The lowest BCUT2D eigenvalue weighted by atomic mass is 9.87. The van der Waals surface area contributed by atoms with E-state index >= 15 is 0 Å². The highest BCUT2D eigenvalue weighted by Gasteiger charge is 2.24. The van der Waals surface area contributed by atoms with Gasteiger partial charge in [-0.3, -0.25) is 4.79 Å². The van der Waals surface area contributed by atoms with Crippen molar-refractivity contribution in [1.82, 2.24) is 0 Å². The van der Waals surface area contributed by atoms with E-state index in [1.807, 2.05) is 18.2 Å². The van der Waals surface area contributed by atoms with Gasteiger partial charge in [0, 0.05) is 17.3 Å². The number of hydrogen-bond donors (Lipinski definition) is 1. The van der Waals surface area contributed by atoms with Crippen LogP contribution in [0.3, 0.4) is 0 Å². The molecule has 0 bridgehead atoms. The quantitative estimate of drug-likeness (QED) is 0.665. The maximum absolute atomic E-state index is 12.0. The number of ether oxygens (including phenoxy) is 1. The maximum atomic E-state index is 12.0. The topological polar surface area (TPSA) is 62.1 Å². The molecule has 0 fully saturated rings. The fourth-order valence-electron chi connectivity index (χ4n) is 1.40. The van der Waals surface area contributed by atoms with Crippen molar-refractivity contribution in [3.8, 4) is 11.8 Å². The Kier molecular flexibility index (Phi) is 4.71. The summed E-state index contributed by atoms with van der Waals surface area (Å²) in [6, 6.07) is 9.15. The van der Waals surface area contributed by atoms with Gasteiger partial charge >= 0.3 is 0 Å². The van der Waals surface area contributed by atoms with Crippen LogP contribution in [0.2, 0.25) is 0 Å². The first-order valence-corrected chi connectivity index (χ1v) is 5.94. The van der Waals surface area contributed by atoms with E-state index in [0.717, 1.165) is 11.4 Å². The summed E-state index contributed by atoms with van der Waals surface area (Å²) in [5.74, 6) is 0.566. The van der Waals surface area contributed by atoms with E-state index in [1.165, 1.54) is 6.20 Å². The zero-order chi connectivity index (χ0) is 14.5. The molecule has 1 aromatic rings. The van der Waals surface area contributed by atoms with Crippen molar-refractivity contribution in [3.63, 3.8) is 0 Å². The second-order valence-electron chi connectivity index (χ2n) is 5.12. The fourth-order valence-corrected chi connectivity index (χ4v) is 1.40. The average Bonchev–Trinajstić information content (AvgIpc) is 2.39. The molecule has 0 aliphatic rings. The number of nitrogens with zero attached hydrogens (tertiary/aromatic N) is 1. The molecule has 0 unspecified atom stereocenters. The minimum atomic E-state index is -0.566. The molecule has 0 aliphatic carbocycles. The summed E-state index contributed by atoms with van der Waals surface area (Å²) in [5.41, 5.74) is 0.335. The molecule has 0 saturated heterocycles. The molecule has 0 spiro atoms. The monoisotopic (exact) mass is 258 g/mol. The van der Waals surface area contributed by atoms with E-state index in [9.17, 15) is 4.79 Å². The zero-order valence-electron chi connectivity index (χ0n) is 11.7. The molecule has 0 atom stereocenters. The molecular formula is C15H18N2O2. The highest BCUT2D eigenvalue weighted by molar-refractivity contribution is 6.02. The van der Waals surface area contributed by atoms with Gasteiger partial charge in [-0.15, -0.1) is 0 Å². The number of hydrogen-bond acceptors (Lipinski definition) is 4. The van der Waals surface area contributed by atoms with Crippen molar-refractivity contribution in [1.29, 1.82) is 5.26 Å². The molecule has 0 amide bonds. The smallest absolute Gasteiger partial charge is 0.180 e. The predicted molar refractivity (Wildman–Crippen MR) is 74.8 cm³/mol. The maximum Gasteiger partial charge on any atom is 0.180 e. The Labute approximate surface area is 113 Å². The number of ketones is 1. The molecule has 0 saturated carbocycles. The van der Waals surface area contributed by atoms with Crippen LogP contribution in [0.5, 0.6) is 5.75 Å². The largest absolute Gasteiger partial charge is 0.497 e. The van der Waals surface area contributed by atoms with Gasteiger partial charge in [0.15, 0.2) is 5.78 Å². The third-order valence-electron chi connectivity index (χ3n) is 2.52. The Morgan fingerprint density at radius 1 is 1.32 bits per heavy atom. The lowest BCUT2D eigenvalue weighted by Crippen LogP contribution is -2.22. The summed E-state index contributed by atoms with van der Waals surface area (Å²) in [6.45, 7) is 5.36. The molecule has 0 aliphatic heterocycles. The van der Waals surface area contributed by atoms with E-state index in [4.69, 9.17) is 10.00 Å². The number of nitrogens with one attached hydrogen (secondary N) is 1. The lowest BCUT2D eigenvalue weighted by Gasteiger charge is -2.15. The Balaban J connectivity index is 2.83. The van der Waals surface area contributed by atoms with Gasteiger partial charge in [-0.2, -0.15) is 5.26 Å². The summed E-state index contributed by atoms with van der Waals surface area (Å²) >= 11 is 0. The molecule has 0 radical (unpaired) electrons. The van der Waals surface area contributed by atoms with Crippen molar-refractivity contribution in [2.45, 2.75) is 20.8 Å². The first kappa shape index (κ1) is 14.8. The molecule has 100 valence electrons. The molecule has 1 N–H and O–H groups in total. The third-order valence-corrected chi connectivity index (χ3v) is 2.52. The molecular weight excluding hydrogens is 240 g/mol. The number of rotatable bonds is 4. The number of nitriles is 1. The van der Waals surface area contributed by atoms with Gasteiger partial charge in [0.25, 0.3) is 0 Å². The summed E-state index contributed by atoms with van der Waals surface area (Å²) in [5, 5.41) is 12.0. The van der Waals surface area contributed by atoms with Crippen LogP contribution in [0, 0.1) is 16.7 Å². The van der Waals surface area contributed by atoms with Crippen LogP contribution in [0.4, 0.5) is 5.69 Å². The van der Waals surface area contributed by atoms with E-state index in [0.29, 0.717) is 0 Å². The van der Waals surface area contributed by atoms with Gasteiger partial charge in [0.05, 0.1) is 7.11 Å². The first-order valence-electron chi connectivity index (χ1n) is 5.94. The first-order chi connectivity index (χ1) is 8.88. The standard InChI is InChI=1S/C15H18N2O2/c1-15(2,3)14(18)11(9-16)10-17-12-5-7-13(19-4)8-6-12/h5-8,10,17H,1-4H3. The Morgan fingerprint density at radius 3 is 2.32 bits per heavy atom. The highest BCUT2D eigenvalue weighted by atomic mass is 16.5. The van der Waals surface area contributed by atoms with Crippen LogP contribution >= 0.6 is 0 Å². The fraction of sp³-hybridized carbons (Fsp3) is 0.333. The Bertz CT molecular complexity index is 517. The summed E-state index contributed by atoms with van der Waals surface area (Å²) in [6.07, 6.45) is 1.44. The second kappa shape index (κ2) is 6.05. The number of benzene rings is 1. The van der Waals surface area contributed by atoms with Crippen molar-refractivity contribution in [3.05, 3.63) is 36.0 Å². The van der Waals surface area contributed by atoms with Crippen molar-refractivity contribution < 1.29 is 9.53 Å². The Hall–Kier alpha value is -2.28. The van der Waals surface area contributed by atoms with Crippen LogP contribution in [0.25, 0.3) is 0 Å². The zero-order valence-corrected chi connectivity index (χ0v) is 11.7. The third kappa shape index (κ3) is 4.14. The number of Topliss-reactive ketones (excluding diaryl/α,β-unsaturated/α-hetero) is 1. The average molecular weight is 258 g/mol. The molecule has 19 heavy (non-hydrogen) atoms. The SMILES string of the molecule is COc1ccc(NC=C(C#N)C(=O)C(C)(C)C)cc1. The van der Waals surface area contributed by atoms with Gasteiger partial charge in [-0.05, 0) is 24.3 Å². The van der Waals surface area contributed by atoms with Gasteiger partial charge < -0.3 is 10.1 Å². The van der Waals surface area contributed by atoms with Gasteiger partial charge in [0.2, 0.25) is 0 Å². The summed E-state index contributed by atoms with van der Waals surface area (Å²) < 4.78 is 5.05. The molecule has 4 heteroatoms. The summed E-state index contributed by atoms with van der Waals surface area (Å²) in [7, 11) is 1.60. The Morgan fingerprint density at radius 2 is 1.89 bits per heavy atom. The number of anilines is 1.